The third-order valence-corrected chi connectivity index (χ3v) is 2.87. The van der Waals surface area contributed by atoms with Crippen molar-refractivity contribution in [3.63, 3.8) is 0 Å². The molecule has 0 radical (unpaired) electrons. The van der Waals surface area contributed by atoms with Crippen molar-refractivity contribution in [2.24, 2.45) is 0 Å². The largest absolute Gasteiger partial charge is 0.392 e. The number of allylic oxidation sites excluding steroid dienone is 1. The van der Waals surface area contributed by atoms with E-state index in [0.29, 0.717) is 6.08 Å². The molecule has 7 heteroatoms. The van der Waals surface area contributed by atoms with Crippen LogP contribution in [0.4, 0.5) is 17.6 Å². The van der Waals surface area contributed by atoms with Gasteiger partial charge in [-0.1, -0.05) is 24.3 Å². The van der Waals surface area contributed by atoms with Gasteiger partial charge in [0, 0.05) is 10.9 Å². The van der Waals surface area contributed by atoms with Gasteiger partial charge in [-0.25, -0.2) is 4.39 Å². The number of hydrogen-bond donors (Lipinski definition) is 1. The van der Waals surface area contributed by atoms with Gasteiger partial charge in [0.25, 0.3) is 0 Å². The normalized spacial score (nSPS) is 14.8. The standard InChI is InChI=1S/C10H9F4O2P/c11-8-4-2-1-3-7(8)9(17(15)16)5-6-10(12,13)14/h1-5,17H,6H2,(H,15,16). The van der Waals surface area contributed by atoms with E-state index in [0.717, 1.165) is 12.1 Å². The first kappa shape index (κ1) is 13.9. The average Bonchev–Trinajstić information content (AvgIpc) is 2.18. The molecule has 0 amide bonds. The topological polar surface area (TPSA) is 37.3 Å². The quantitative estimate of drug-likeness (QED) is 0.672. The lowest BCUT2D eigenvalue weighted by molar-refractivity contribution is -0.124. The lowest BCUT2D eigenvalue weighted by Crippen LogP contribution is -2.04. The maximum Gasteiger partial charge on any atom is 0.392 e. The van der Waals surface area contributed by atoms with Crippen molar-refractivity contribution in [1.82, 2.24) is 0 Å². The van der Waals surface area contributed by atoms with E-state index in [9.17, 15) is 22.1 Å². The second-order valence-corrected chi connectivity index (χ2v) is 4.37. The Morgan fingerprint density at radius 3 is 2.41 bits per heavy atom. The summed E-state index contributed by atoms with van der Waals surface area (Å²) < 4.78 is 60.2. The summed E-state index contributed by atoms with van der Waals surface area (Å²) in [5, 5.41) is -0.509. The molecule has 0 heterocycles. The fraction of sp³-hybridized carbons (Fsp3) is 0.200. The molecule has 0 aliphatic carbocycles. The molecule has 17 heavy (non-hydrogen) atoms. The van der Waals surface area contributed by atoms with Gasteiger partial charge in [-0.3, -0.25) is 4.57 Å². The van der Waals surface area contributed by atoms with Crippen LogP contribution in [0.25, 0.3) is 5.31 Å². The van der Waals surface area contributed by atoms with Crippen LogP contribution < -0.4 is 0 Å². The van der Waals surface area contributed by atoms with Crippen LogP contribution in [0.1, 0.15) is 12.0 Å². The first-order valence-electron chi connectivity index (χ1n) is 4.56. The zero-order chi connectivity index (χ0) is 13.1. The fourth-order valence-corrected chi connectivity index (χ4v) is 1.92. The van der Waals surface area contributed by atoms with Gasteiger partial charge in [0.2, 0.25) is 8.03 Å². The number of alkyl halides is 3. The minimum atomic E-state index is -4.49. The third kappa shape index (κ3) is 4.32. The Labute approximate surface area is 95.4 Å². The molecule has 2 nitrogen and oxygen atoms in total. The molecule has 0 bridgehead atoms. The number of halogens is 4. The summed E-state index contributed by atoms with van der Waals surface area (Å²) in [6, 6.07) is 4.90. The second kappa shape index (κ2) is 5.47. The smallest absolute Gasteiger partial charge is 0.343 e. The monoisotopic (exact) mass is 268 g/mol. The minimum absolute atomic E-state index is 0.275. The average molecular weight is 268 g/mol. The molecule has 1 unspecified atom stereocenters. The van der Waals surface area contributed by atoms with Crippen molar-refractivity contribution in [2.75, 3.05) is 0 Å². The summed E-state index contributed by atoms with van der Waals surface area (Å²) in [4.78, 5) is 8.93. The summed E-state index contributed by atoms with van der Waals surface area (Å²) in [5.74, 6) is -0.826. The molecule has 1 aromatic rings. The van der Waals surface area contributed by atoms with E-state index in [2.05, 4.69) is 0 Å². The van der Waals surface area contributed by atoms with Crippen LogP contribution in [0.3, 0.4) is 0 Å². The van der Waals surface area contributed by atoms with Gasteiger partial charge < -0.3 is 4.89 Å². The van der Waals surface area contributed by atoms with E-state index in [1.807, 2.05) is 0 Å². The summed E-state index contributed by atoms with van der Waals surface area (Å²) in [5.41, 5.74) is -0.275. The van der Waals surface area contributed by atoms with Gasteiger partial charge >= 0.3 is 6.18 Å². The summed E-state index contributed by atoms with van der Waals surface area (Å²) >= 11 is 0. The van der Waals surface area contributed by atoms with Gasteiger partial charge in [-0.2, -0.15) is 13.2 Å². The van der Waals surface area contributed by atoms with Gasteiger partial charge in [0.15, 0.2) is 0 Å². The van der Waals surface area contributed by atoms with Crippen molar-refractivity contribution >= 4 is 13.3 Å². The van der Waals surface area contributed by atoms with E-state index in [4.69, 9.17) is 4.89 Å². The zero-order valence-corrected chi connectivity index (χ0v) is 9.46. The molecule has 0 aliphatic rings. The molecular formula is C10H9F4O2P. The van der Waals surface area contributed by atoms with Crippen molar-refractivity contribution < 1.29 is 27.0 Å². The van der Waals surface area contributed by atoms with Crippen molar-refractivity contribution in [1.29, 1.82) is 0 Å². The van der Waals surface area contributed by atoms with E-state index in [-0.39, 0.29) is 5.56 Å². The molecule has 94 valence electrons. The molecule has 0 aliphatic heterocycles. The van der Waals surface area contributed by atoms with Gasteiger partial charge in [0.05, 0.1) is 6.42 Å². The summed E-state index contributed by atoms with van der Waals surface area (Å²) in [6.07, 6.45) is -5.32. The maximum atomic E-state index is 13.3. The van der Waals surface area contributed by atoms with Crippen molar-refractivity contribution in [3.8, 4) is 0 Å². The van der Waals surface area contributed by atoms with Crippen LogP contribution in [-0.4, -0.2) is 11.1 Å². The highest BCUT2D eigenvalue weighted by atomic mass is 31.1. The lowest BCUT2D eigenvalue weighted by atomic mass is 10.2. The van der Waals surface area contributed by atoms with Crippen LogP contribution >= 0.6 is 8.03 Å². The highest BCUT2D eigenvalue weighted by Gasteiger charge is 2.26. The molecule has 0 spiro atoms. The molecule has 0 aromatic heterocycles. The zero-order valence-electron chi connectivity index (χ0n) is 8.46. The molecule has 0 saturated carbocycles. The predicted octanol–water partition coefficient (Wildman–Crippen LogP) is 3.59. The van der Waals surface area contributed by atoms with E-state index >= 15 is 0 Å². The summed E-state index contributed by atoms with van der Waals surface area (Å²) in [6.45, 7) is 0. The first-order chi connectivity index (χ1) is 7.81. The fourth-order valence-electron chi connectivity index (χ4n) is 1.21. The Bertz CT molecular complexity index is 454. The molecule has 1 N–H and O–H groups in total. The van der Waals surface area contributed by atoms with Gasteiger partial charge in [-0.15, -0.1) is 0 Å². The maximum absolute atomic E-state index is 13.3. The van der Waals surface area contributed by atoms with E-state index < -0.39 is 31.8 Å². The highest BCUT2D eigenvalue weighted by Crippen LogP contribution is 2.39. The Kier molecular flexibility index (Phi) is 4.48. The number of benzene rings is 1. The van der Waals surface area contributed by atoms with E-state index in [1.54, 1.807) is 0 Å². The molecule has 1 aromatic carbocycles. The Morgan fingerprint density at radius 1 is 1.35 bits per heavy atom. The third-order valence-electron chi connectivity index (χ3n) is 1.93. The highest BCUT2D eigenvalue weighted by molar-refractivity contribution is 7.50. The van der Waals surface area contributed by atoms with Crippen LogP contribution in [0.2, 0.25) is 0 Å². The van der Waals surface area contributed by atoms with Crippen LogP contribution in [-0.2, 0) is 4.57 Å². The molecule has 0 fully saturated rings. The van der Waals surface area contributed by atoms with Crippen LogP contribution in [0.15, 0.2) is 30.3 Å². The van der Waals surface area contributed by atoms with E-state index in [1.165, 1.54) is 12.1 Å². The molecule has 0 saturated heterocycles. The molecular weight excluding hydrogens is 259 g/mol. The molecule has 1 atom stereocenters. The van der Waals surface area contributed by atoms with Crippen LogP contribution in [0.5, 0.6) is 0 Å². The summed E-state index contributed by atoms with van der Waals surface area (Å²) in [7, 11) is -3.40. The second-order valence-electron chi connectivity index (χ2n) is 3.22. The Balaban J connectivity index is 3.11. The number of rotatable bonds is 3. The minimum Gasteiger partial charge on any atom is -0.343 e. The van der Waals surface area contributed by atoms with Gasteiger partial charge in [-0.05, 0) is 6.07 Å². The Hall–Kier alpha value is -1.13. The lowest BCUT2D eigenvalue weighted by Gasteiger charge is -2.07. The van der Waals surface area contributed by atoms with Gasteiger partial charge in [0.1, 0.15) is 5.82 Å². The first-order valence-corrected chi connectivity index (χ1v) is 5.92. The molecule has 1 rings (SSSR count). The van der Waals surface area contributed by atoms with Crippen molar-refractivity contribution in [3.05, 3.63) is 41.7 Å². The Morgan fingerprint density at radius 2 is 1.94 bits per heavy atom. The predicted molar refractivity (Wildman–Crippen MR) is 56.3 cm³/mol. The number of hydrogen-bond acceptors (Lipinski definition) is 1. The van der Waals surface area contributed by atoms with Crippen molar-refractivity contribution in [2.45, 2.75) is 12.6 Å². The van der Waals surface area contributed by atoms with Crippen LogP contribution in [0, 0.1) is 5.82 Å². The SMILES string of the molecule is O=[PH](O)C(=CCC(F)(F)F)c1ccccc1F.